The number of aromatic nitrogens is 3. The Morgan fingerprint density at radius 1 is 1.06 bits per heavy atom. The molecule has 1 aliphatic rings. The topological polar surface area (TPSA) is 82.1 Å². The van der Waals surface area contributed by atoms with Crippen LogP contribution in [0.2, 0.25) is 0 Å². The molecule has 0 radical (unpaired) electrons. The number of pyridine rings is 1. The number of benzene rings is 1. The number of rotatable bonds is 6. The second-order valence-corrected chi connectivity index (χ2v) is 7.85. The maximum Gasteiger partial charge on any atom is 0.327 e. The van der Waals surface area contributed by atoms with E-state index in [-0.39, 0.29) is 22.9 Å². The minimum Gasteiger partial charge on any atom is -0.858 e. The SMILES string of the molecule is CCCc1nn(-c2ccc(F)cc2)c([O-])c1C1=C([n+]2ccccc2)C(=O)N(C(C)C)C1=O. The first kappa shape index (κ1) is 21.4. The summed E-state index contributed by atoms with van der Waals surface area (Å²) >= 11 is 0. The zero-order valence-electron chi connectivity index (χ0n) is 18.1. The summed E-state index contributed by atoms with van der Waals surface area (Å²) in [4.78, 5) is 27.9. The van der Waals surface area contributed by atoms with Crippen LogP contribution in [0.4, 0.5) is 4.39 Å². The average Bonchev–Trinajstić information content (AvgIpc) is 3.22. The van der Waals surface area contributed by atoms with Crippen molar-refractivity contribution in [3.63, 3.8) is 0 Å². The molecule has 0 N–H and O–H groups in total. The number of aryl methyl sites for hydroxylation is 1. The van der Waals surface area contributed by atoms with Gasteiger partial charge in [0.25, 0.3) is 11.6 Å². The van der Waals surface area contributed by atoms with Crippen LogP contribution in [0.15, 0.2) is 54.9 Å². The predicted molar refractivity (Wildman–Crippen MR) is 114 cm³/mol. The highest BCUT2D eigenvalue weighted by atomic mass is 19.1. The van der Waals surface area contributed by atoms with Gasteiger partial charge in [0, 0.05) is 23.7 Å². The molecule has 0 saturated heterocycles. The summed E-state index contributed by atoms with van der Waals surface area (Å²) in [6.07, 6.45) is 4.46. The van der Waals surface area contributed by atoms with Crippen LogP contribution in [0.5, 0.6) is 5.88 Å². The molecule has 0 fully saturated rings. The molecule has 2 aromatic heterocycles. The lowest BCUT2D eigenvalue weighted by molar-refractivity contribution is -0.576. The smallest absolute Gasteiger partial charge is 0.327 e. The second kappa shape index (κ2) is 8.37. The molecular formula is C24H23FN4O3. The minimum atomic E-state index is -0.524. The zero-order chi connectivity index (χ0) is 23.0. The van der Waals surface area contributed by atoms with Crippen molar-refractivity contribution in [2.75, 3.05) is 0 Å². The van der Waals surface area contributed by atoms with Crippen molar-refractivity contribution in [1.82, 2.24) is 14.7 Å². The van der Waals surface area contributed by atoms with E-state index in [0.717, 1.165) is 9.58 Å². The minimum absolute atomic E-state index is 0.0433. The molecule has 1 aromatic carbocycles. The van der Waals surface area contributed by atoms with Gasteiger partial charge in [0.15, 0.2) is 12.4 Å². The van der Waals surface area contributed by atoms with E-state index in [4.69, 9.17) is 0 Å². The van der Waals surface area contributed by atoms with E-state index >= 15 is 0 Å². The van der Waals surface area contributed by atoms with Crippen LogP contribution in [-0.4, -0.2) is 32.5 Å². The Kier molecular flexibility index (Phi) is 5.61. The summed E-state index contributed by atoms with van der Waals surface area (Å²) in [5.41, 5.74) is 1.09. The van der Waals surface area contributed by atoms with E-state index in [2.05, 4.69) is 5.10 Å². The van der Waals surface area contributed by atoms with E-state index in [9.17, 15) is 19.1 Å². The van der Waals surface area contributed by atoms with Crippen LogP contribution >= 0.6 is 0 Å². The molecule has 4 rings (SSSR count). The van der Waals surface area contributed by atoms with E-state index in [1.54, 1.807) is 49.0 Å². The third kappa shape index (κ3) is 3.47. The normalized spacial score (nSPS) is 14.2. The first-order valence-electron chi connectivity index (χ1n) is 10.5. The number of hydrogen-bond donors (Lipinski definition) is 0. The Labute approximate surface area is 185 Å². The van der Waals surface area contributed by atoms with Gasteiger partial charge in [-0.3, -0.25) is 14.5 Å². The standard InChI is InChI=1S/C24H23FN4O3/c1-4-8-18-19(23(31)29(26-18)17-11-9-16(25)10-12-17)20-21(27-13-6-5-7-14-27)24(32)28(15(2)3)22(20)30/h5-7,9-15H,4,8H2,1-3H3. The summed E-state index contributed by atoms with van der Waals surface area (Å²) in [6, 6.07) is 10.3. The fourth-order valence-electron chi connectivity index (χ4n) is 3.88. The Morgan fingerprint density at radius 3 is 2.31 bits per heavy atom. The van der Waals surface area contributed by atoms with Crippen molar-refractivity contribution < 1.29 is 23.7 Å². The molecule has 164 valence electrons. The molecule has 0 atom stereocenters. The number of halogens is 1. The molecule has 0 aliphatic carbocycles. The van der Waals surface area contributed by atoms with Crippen LogP contribution in [0, 0.1) is 5.82 Å². The van der Waals surface area contributed by atoms with E-state index in [1.165, 1.54) is 24.3 Å². The van der Waals surface area contributed by atoms with Crippen LogP contribution in [0.1, 0.15) is 38.4 Å². The summed E-state index contributed by atoms with van der Waals surface area (Å²) in [5.74, 6) is -1.94. The van der Waals surface area contributed by atoms with Gasteiger partial charge in [-0.25, -0.2) is 9.07 Å². The highest BCUT2D eigenvalue weighted by Crippen LogP contribution is 2.37. The molecule has 3 heterocycles. The highest BCUT2D eigenvalue weighted by Gasteiger charge is 2.47. The molecule has 0 saturated carbocycles. The van der Waals surface area contributed by atoms with Gasteiger partial charge in [0.05, 0.1) is 11.4 Å². The van der Waals surface area contributed by atoms with Crippen LogP contribution in [-0.2, 0) is 16.0 Å². The summed E-state index contributed by atoms with van der Waals surface area (Å²) in [6.45, 7) is 5.44. The van der Waals surface area contributed by atoms with Crippen LogP contribution < -0.4 is 9.67 Å². The van der Waals surface area contributed by atoms with Gasteiger partial charge in [0.1, 0.15) is 11.4 Å². The van der Waals surface area contributed by atoms with Crippen molar-refractivity contribution in [3.8, 4) is 11.6 Å². The highest BCUT2D eigenvalue weighted by molar-refractivity contribution is 6.45. The van der Waals surface area contributed by atoms with Crippen molar-refractivity contribution in [2.45, 2.75) is 39.7 Å². The molecule has 0 spiro atoms. The Morgan fingerprint density at radius 2 is 1.72 bits per heavy atom. The summed E-state index contributed by atoms with van der Waals surface area (Å²) in [5, 5.41) is 18.0. The maximum atomic E-state index is 13.5. The van der Waals surface area contributed by atoms with Crippen LogP contribution in [0.25, 0.3) is 17.0 Å². The van der Waals surface area contributed by atoms with Gasteiger partial charge < -0.3 is 5.11 Å². The molecule has 0 bridgehead atoms. The van der Waals surface area contributed by atoms with Crippen molar-refractivity contribution >= 4 is 23.1 Å². The molecule has 8 heteroatoms. The fraction of sp³-hybridized carbons (Fsp3) is 0.250. The lowest BCUT2D eigenvalue weighted by Crippen LogP contribution is -2.42. The molecule has 7 nitrogen and oxygen atoms in total. The summed E-state index contributed by atoms with van der Waals surface area (Å²) in [7, 11) is 0. The van der Waals surface area contributed by atoms with Gasteiger partial charge in [-0.1, -0.05) is 19.4 Å². The summed E-state index contributed by atoms with van der Waals surface area (Å²) < 4.78 is 16.1. The van der Waals surface area contributed by atoms with Crippen molar-refractivity contribution in [3.05, 3.63) is 71.9 Å². The Hall–Kier alpha value is -3.81. The van der Waals surface area contributed by atoms with Gasteiger partial charge in [-0.2, -0.15) is 9.67 Å². The number of carbonyl (C=O) groups is 2. The predicted octanol–water partition coefficient (Wildman–Crippen LogP) is 2.47. The Bertz CT molecular complexity index is 1210. The zero-order valence-corrected chi connectivity index (χ0v) is 18.1. The number of hydrogen-bond acceptors (Lipinski definition) is 4. The monoisotopic (exact) mass is 434 g/mol. The van der Waals surface area contributed by atoms with E-state index in [1.807, 2.05) is 6.92 Å². The van der Waals surface area contributed by atoms with Gasteiger partial charge >= 0.3 is 5.91 Å². The third-order valence-electron chi connectivity index (χ3n) is 5.30. The largest absolute Gasteiger partial charge is 0.858 e. The van der Waals surface area contributed by atoms with Gasteiger partial charge in [-0.15, -0.1) is 0 Å². The van der Waals surface area contributed by atoms with Crippen molar-refractivity contribution in [2.24, 2.45) is 0 Å². The lowest BCUT2D eigenvalue weighted by Gasteiger charge is -2.18. The molecule has 32 heavy (non-hydrogen) atoms. The quantitative estimate of drug-likeness (QED) is 0.441. The van der Waals surface area contributed by atoms with Crippen molar-refractivity contribution in [1.29, 1.82) is 0 Å². The number of amides is 2. The molecule has 0 unspecified atom stereocenters. The molecule has 2 amide bonds. The number of imide groups is 1. The van der Waals surface area contributed by atoms with Crippen LogP contribution in [0.3, 0.4) is 0 Å². The molecule has 3 aromatic rings. The first-order chi connectivity index (χ1) is 15.3. The molecule has 1 aliphatic heterocycles. The number of nitrogens with zero attached hydrogens (tertiary/aromatic N) is 4. The van der Waals surface area contributed by atoms with E-state index < -0.39 is 23.5 Å². The fourth-order valence-corrected chi connectivity index (χ4v) is 3.88. The molecular weight excluding hydrogens is 411 g/mol. The maximum absolute atomic E-state index is 13.5. The average molecular weight is 434 g/mol. The van der Waals surface area contributed by atoms with E-state index in [0.29, 0.717) is 24.2 Å². The third-order valence-corrected chi connectivity index (χ3v) is 5.30. The van der Waals surface area contributed by atoms with Gasteiger partial charge in [0.2, 0.25) is 0 Å². The Balaban J connectivity index is 2.00. The second-order valence-electron chi connectivity index (χ2n) is 7.85. The van der Waals surface area contributed by atoms with Gasteiger partial charge in [-0.05, 0) is 50.4 Å². The number of carbonyl (C=O) groups excluding carboxylic acids is 2. The first-order valence-corrected chi connectivity index (χ1v) is 10.5. The lowest BCUT2D eigenvalue weighted by atomic mass is 10.0.